The highest BCUT2D eigenvalue weighted by atomic mass is 16.5. The van der Waals surface area contributed by atoms with Crippen LogP contribution in [0.3, 0.4) is 0 Å². The summed E-state index contributed by atoms with van der Waals surface area (Å²) in [6.45, 7) is 8.11. The molecule has 0 aromatic carbocycles. The lowest BCUT2D eigenvalue weighted by Gasteiger charge is -2.17. The molecule has 0 radical (unpaired) electrons. The molecule has 4 heteroatoms. The monoisotopic (exact) mass is 223 g/mol. The van der Waals surface area contributed by atoms with Gasteiger partial charge >= 0.3 is 0 Å². The summed E-state index contributed by atoms with van der Waals surface area (Å²) in [7, 11) is 1.87. The van der Waals surface area contributed by atoms with Crippen molar-refractivity contribution in [3.8, 4) is 5.75 Å². The molecule has 90 valence electrons. The molecule has 4 nitrogen and oxygen atoms in total. The highest BCUT2D eigenvalue weighted by Gasteiger charge is 2.00. The van der Waals surface area contributed by atoms with Gasteiger partial charge in [0, 0.05) is 19.7 Å². The number of rotatable bonds is 7. The lowest BCUT2D eigenvalue weighted by molar-refractivity contribution is 0.222. The Balaban J connectivity index is 2.36. The van der Waals surface area contributed by atoms with E-state index in [1.807, 2.05) is 13.1 Å². The first kappa shape index (κ1) is 12.8. The predicted octanol–water partition coefficient (Wildman–Crippen LogP) is 1.84. The summed E-state index contributed by atoms with van der Waals surface area (Å²) in [5.41, 5.74) is 0.973. The molecule has 0 aliphatic heterocycles. The third-order valence-corrected chi connectivity index (χ3v) is 2.57. The van der Waals surface area contributed by atoms with E-state index in [0.717, 1.165) is 31.1 Å². The summed E-state index contributed by atoms with van der Waals surface area (Å²) in [5, 5.41) is 3.04. The molecule has 1 aromatic heterocycles. The molecule has 0 fully saturated rings. The van der Waals surface area contributed by atoms with Gasteiger partial charge in [-0.25, -0.2) is 0 Å². The Morgan fingerprint density at radius 1 is 1.31 bits per heavy atom. The first-order valence-corrected chi connectivity index (χ1v) is 5.78. The molecule has 0 saturated carbocycles. The summed E-state index contributed by atoms with van der Waals surface area (Å²) in [5.74, 6) is 0.819. The fourth-order valence-corrected chi connectivity index (χ4v) is 1.47. The Morgan fingerprint density at radius 3 is 2.69 bits per heavy atom. The number of likely N-dealkylation sites (N-methyl/N-ethyl adjacent to an activating group) is 1. The van der Waals surface area contributed by atoms with Crippen LogP contribution in [-0.4, -0.2) is 43.2 Å². The Morgan fingerprint density at radius 2 is 2.06 bits per heavy atom. The van der Waals surface area contributed by atoms with Gasteiger partial charge in [-0.2, -0.15) is 0 Å². The number of aromatic nitrogens is 1. The highest BCUT2D eigenvalue weighted by Crippen LogP contribution is 2.14. The van der Waals surface area contributed by atoms with E-state index in [2.05, 4.69) is 29.0 Å². The van der Waals surface area contributed by atoms with Gasteiger partial charge in [-0.05, 0) is 13.1 Å². The highest BCUT2D eigenvalue weighted by molar-refractivity contribution is 5.44. The Hall–Kier alpha value is -1.29. The van der Waals surface area contributed by atoms with Crippen molar-refractivity contribution in [2.75, 3.05) is 38.6 Å². The minimum atomic E-state index is 0.705. The SMILES string of the molecule is CCN(CC)CCOc1cncc(NC)c1. The third-order valence-electron chi connectivity index (χ3n) is 2.57. The van der Waals surface area contributed by atoms with E-state index < -0.39 is 0 Å². The quantitative estimate of drug-likeness (QED) is 0.765. The van der Waals surface area contributed by atoms with Crippen LogP contribution in [0, 0.1) is 0 Å². The van der Waals surface area contributed by atoms with Crippen molar-refractivity contribution >= 4 is 5.69 Å². The van der Waals surface area contributed by atoms with Crippen LogP contribution in [0.5, 0.6) is 5.75 Å². The predicted molar refractivity (Wildman–Crippen MR) is 67.1 cm³/mol. The summed E-state index contributed by atoms with van der Waals surface area (Å²) >= 11 is 0. The largest absolute Gasteiger partial charge is 0.491 e. The summed E-state index contributed by atoms with van der Waals surface area (Å²) in [6, 6.07) is 1.95. The van der Waals surface area contributed by atoms with E-state index in [-0.39, 0.29) is 0 Å². The lowest BCUT2D eigenvalue weighted by atomic mass is 10.4. The minimum absolute atomic E-state index is 0.705. The van der Waals surface area contributed by atoms with Crippen molar-refractivity contribution in [1.82, 2.24) is 9.88 Å². The van der Waals surface area contributed by atoms with Crippen LogP contribution in [0.1, 0.15) is 13.8 Å². The van der Waals surface area contributed by atoms with Crippen molar-refractivity contribution in [2.24, 2.45) is 0 Å². The second kappa shape index (κ2) is 7.06. The van der Waals surface area contributed by atoms with Crippen LogP contribution in [0.15, 0.2) is 18.5 Å². The Labute approximate surface area is 97.6 Å². The zero-order valence-electron chi connectivity index (χ0n) is 10.4. The van der Waals surface area contributed by atoms with E-state index in [1.54, 1.807) is 12.4 Å². The smallest absolute Gasteiger partial charge is 0.139 e. The van der Waals surface area contributed by atoms with Gasteiger partial charge in [-0.3, -0.25) is 4.98 Å². The van der Waals surface area contributed by atoms with Gasteiger partial charge in [0.05, 0.1) is 18.1 Å². The van der Waals surface area contributed by atoms with Gasteiger partial charge in [0.25, 0.3) is 0 Å². The van der Waals surface area contributed by atoms with Crippen LogP contribution in [0.2, 0.25) is 0 Å². The number of ether oxygens (including phenoxy) is 1. The molecule has 16 heavy (non-hydrogen) atoms. The number of anilines is 1. The number of nitrogens with zero attached hydrogens (tertiary/aromatic N) is 2. The van der Waals surface area contributed by atoms with Crippen LogP contribution >= 0.6 is 0 Å². The fourth-order valence-electron chi connectivity index (χ4n) is 1.47. The molecule has 0 bridgehead atoms. The third kappa shape index (κ3) is 4.06. The van der Waals surface area contributed by atoms with E-state index in [1.165, 1.54) is 0 Å². The van der Waals surface area contributed by atoms with Crippen molar-refractivity contribution in [3.63, 3.8) is 0 Å². The second-order valence-corrected chi connectivity index (χ2v) is 3.53. The van der Waals surface area contributed by atoms with E-state index in [9.17, 15) is 0 Å². The molecule has 0 aliphatic carbocycles. The number of nitrogens with one attached hydrogen (secondary N) is 1. The first-order valence-electron chi connectivity index (χ1n) is 5.78. The summed E-state index contributed by atoms with van der Waals surface area (Å²) < 4.78 is 5.64. The maximum atomic E-state index is 5.64. The van der Waals surface area contributed by atoms with Crippen molar-refractivity contribution in [1.29, 1.82) is 0 Å². The molecule has 1 heterocycles. The van der Waals surface area contributed by atoms with Crippen molar-refractivity contribution in [3.05, 3.63) is 18.5 Å². The molecule has 1 rings (SSSR count). The number of hydrogen-bond acceptors (Lipinski definition) is 4. The standard InChI is InChI=1S/C12H21N3O/c1-4-15(5-2)6-7-16-12-8-11(13-3)9-14-10-12/h8-10,13H,4-7H2,1-3H3. The molecular weight excluding hydrogens is 202 g/mol. The zero-order valence-corrected chi connectivity index (χ0v) is 10.4. The van der Waals surface area contributed by atoms with Crippen LogP contribution in [0.4, 0.5) is 5.69 Å². The van der Waals surface area contributed by atoms with Gasteiger partial charge in [-0.15, -0.1) is 0 Å². The molecule has 0 aliphatic rings. The molecule has 1 N–H and O–H groups in total. The van der Waals surface area contributed by atoms with Gasteiger partial charge < -0.3 is 15.0 Å². The topological polar surface area (TPSA) is 37.4 Å². The average molecular weight is 223 g/mol. The number of pyridine rings is 1. The maximum Gasteiger partial charge on any atom is 0.139 e. The van der Waals surface area contributed by atoms with E-state index in [4.69, 9.17) is 4.74 Å². The van der Waals surface area contributed by atoms with Gasteiger partial charge in [0.1, 0.15) is 12.4 Å². The van der Waals surface area contributed by atoms with E-state index >= 15 is 0 Å². The summed E-state index contributed by atoms with van der Waals surface area (Å²) in [4.78, 5) is 6.42. The summed E-state index contributed by atoms with van der Waals surface area (Å²) in [6.07, 6.45) is 3.51. The fraction of sp³-hybridized carbons (Fsp3) is 0.583. The average Bonchev–Trinajstić information content (AvgIpc) is 2.35. The van der Waals surface area contributed by atoms with Gasteiger partial charge in [0.15, 0.2) is 0 Å². The number of hydrogen-bond donors (Lipinski definition) is 1. The first-order chi connectivity index (χ1) is 7.80. The Kier molecular flexibility index (Phi) is 5.64. The van der Waals surface area contributed by atoms with Crippen LogP contribution in [-0.2, 0) is 0 Å². The minimum Gasteiger partial charge on any atom is -0.491 e. The molecule has 0 unspecified atom stereocenters. The molecule has 0 amide bonds. The normalized spacial score (nSPS) is 10.5. The zero-order chi connectivity index (χ0) is 11.8. The molecule has 1 aromatic rings. The van der Waals surface area contributed by atoms with E-state index in [0.29, 0.717) is 6.61 Å². The Bertz CT molecular complexity index is 300. The molecular formula is C12H21N3O. The maximum absolute atomic E-state index is 5.64. The lowest BCUT2D eigenvalue weighted by Crippen LogP contribution is -2.27. The second-order valence-electron chi connectivity index (χ2n) is 3.53. The molecule has 0 saturated heterocycles. The molecule has 0 spiro atoms. The van der Waals surface area contributed by atoms with Crippen LogP contribution in [0.25, 0.3) is 0 Å². The van der Waals surface area contributed by atoms with Crippen LogP contribution < -0.4 is 10.1 Å². The van der Waals surface area contributed by atoms with Crippen molar-refractivity contribution < 1.29 is 4.74 Å². The van der Waals surface area contributed by atoms with Gasteiger partial charge in [0.2, 0.25) is 0 Å². The van der Waals surface area contributed by atoms with Crippen molar-refractivity contribution in [2.45, 2.75) is 13.8 Å². The molecule has 0 atom stereocenters. The van der Waals surface area contributed by atoms with Gasteiger partial charge in [-0.1, -0.05) is 13.8 Å².